The van der Waals surface area contributed by atoms with E-state index < -0.39 is 10.0 Å². The summed E-state index contributed by atoms with van der Waals surface area (Å²) in [4.78, 5) is 0.0107. The largest absolute Gasteiger partial charge is 0.495 e. The van der Waals surface area contributed by atoms with Gasteiger partial charge in [-0.3, -0.25) is 9.40 Å². The molecule has 0 fully saturated rings. The Morgan fingerprint density at radius 2 is 2.13 bits per heavy atom. The van der Waals surface area contributed by atoms with Crippen molar-refractivity contribution in [1.29, 1.82) is 0 Å². The van der Waals surface area contributed by atoms with Gasteiger partial charge in [-0.2, -0.15) is 5.10 Å². The average Bonchev–Trinajstić information content (AvgIpc) is 3.49. The van der Waals surface area contributed by atoms with Crippen molar-refractivity contribution in [2.75, 3.05) is 18.4 Å². The lowest BCUT2D eigenvalue weighted by atomic mass is 10.0. The van der Waals surface area contributed by atoms with Crippen LogP contribution in [0.2, 0.25) is 0 Å². The van der Waals surface area contributed by atoms with Crippen LogP contribution in [0.1, 0.15) is 11.1 Å². The lowest BCUT2D eigenvalue weighted by Gasteiger charge is -2.11. The number of nitrogens with one attached hydrogen (secondary N) is 1. The van der Waals surface area contributed by atoms with Crippen molar-refractivity contribution < 1.29 is 22.4 Å². The number of nitrogens with zero attached hydrogens (tertiary/aromatic N) is 3. The van der Waals surface area contributed by atoms with Crippen LogP contribution in [0.3, 0.4) is 0 Å². The van der Waals surface area contributed by atoms with Gasteiger partial charge >= 0.3 is 0 Å². The van der Waals surface area contributed by atoms with Crippen LogP contribution in [0.15, 0.2) is 58.2 Å². The number of hydrogen-bond acceptors (Lipinski definition) is 7. The van der Waals surface area contributed by atoms with E-state index in [0.29, 0.717) is 36.3 Å². The standard InChI is InChI=1S/C20H18N4O5S/c1-27-15-5-2-3-6-17(15)30(25,26)23-20-18-16(29-22-20)11-13(12-24-9-4-8-21-24)14-7-10-28-19(14)18/h2-6,8-9,11H,7,10,12H2,1H3,(H,22,23). The van der Waals surface area contributed by atoms with Gasteiger partial charge in [-0.15, -0.1) is 0 Å². The van der Waals surface area contributed by atoms with Gasteiger partial charge in [0.1, 0.15) is 21.8 Å². The predicted octanol–water partition coefficient (Wildman–Crippen LogP) is 2.82. The topological polar surface area (TPSA) is 108 Å². The van der Waals surface area contributed by atoms with E-state index in [1.807, 2.05) is 18.3 Å². The number of hydrogen-bond donors (Lipinski definition) is 1. The van der Waals surface area contributed by atoms with Crippen LogP contribution < -0.4 is 14.2 Å². The molecule has 0 atom stereocenters. The van der Waals surface area contributed by atoms with E-state index in [2.05, 4.69) is 15.0 Å². The SMILES string of the molecule is COc1ccccc1S(=O)(=O)Nc1noc2cc(Cn3cccn3)c3c(c12)OCC3. The van der Waals surface area contributed by atoms with Crippen molar-refractivity contribution >= 4 is 26.8 Å². The Labute approximate surface area is 172 Å². The Morgan fingerprint density at radius 3 is 2.93 bits per heavy atom. The van der Waals surface area contributed by atoms with Gasteiger partial charge < -0.3 is 14.0 Å². The van der Waals surface area contributed by atoms with Crippen LogP contribution in [0.25, 0.3) is 11.0 Å². The molecular weight excluding hydrogens is 408 g/mol. The number of rotatable bonds is 6. The summed E-state index contributed by atoms with van der Waals surface area (Å²) in [5, 5.41) is 8.72. The molecule has 0 spiro atoms. The Hall–Kier alpha value is -3.53. The highest BCUT2D eigenvalue weighted by Crippen LogP contribution is 2.41. The maximum Gasteiger partial charge on any atom is 0.266 e. The van der Waals surface area contributed by atoms with Gasteiger partial charge in [0.05, 0.1) is 20.3 Å². The van der Waals surface area contributed by atoms with Crippen molar-refractivity contribution in [3.63, 3.8) is 0 Å². The number of methoxy groups -OCH3 is 1. The van der Waals surface area contributed by atoms with Gasteiger partial charge in [0.25, 0.3) is 10.0 Å². The fourth-order valence-electron chi connectivity index (χ4n) is 3.65. The highest BCUT2D eigenvalue weighted by molar-refractivity contribution is 7.92. The van der Waals surface area contributed by atoms with E-state index in [1.54, 1.807) is 29.1 Å². The van der Waals surface area contributed by atoms with Crippen molar-refractivity contribution in [2.45, 2.75) is 17.9 Å². The Balaban J connectivity index is 1.58. The molecule has 0 amide bonds. The molecular formula is C20H18N4O5S. The number of aromatic nitrogens is 3. The first-order valence-corrected chi connectivity index (χ1v) is 10.8. The molecule has 4 aromatic rings. The Morgan fingerprint density at radius 1 is 1.27 bits per heavy atom. The monoisotopic (exact) mass is 426 g/mol. The third-order valence-electron chi connectivity index (χ3n) is 4.99. The molecule has 30 heavy (non-hydrogen) atoms. The summed E-state index contributed by atoms with van der Waals surface area (Å²) in [5.74, 6) is 0.911. The molecule has 3 heterocycles. The molecule has 0 bridgehead atoms. The quantitative estimate of drug-likeness (QED) is 0.505. The van der Waals surface area contributed by atoms with Crippen molar-refractivity contribution in [3.8, 4) is 11.5 Å². The summed E-state index contributed by atoms with van der Waals surface area (Å²) < 4.78 is 46.8. The molecule has 2 aromatic carbocycles. The molecule has 1 aliphatic rings. The third-order valence-corrected chi connectivity index (χ3v) is 6.37. The Bertz CT molecular complexity index is 1330. The molecule has 5 rings (SSSR count). The van der Waals surface area contributed by atoms with Crippen LogP contribution in [-0.2, 0) is 23.0 Å². The maximum atomic E-state index is 13.0. The molecule has 2 aromatic heterocycles. The second-order valence-corrected chi connectivity index (χ2v) is 8.46. The van der Waals surface area contributed by atoms with Gasteiger partial charge in [0.15, 0.2) is 11.4 Å². The predicted molar refractivity (Wildman–Crippen MR) is 108 cm³/mol. The normalized spacial score (nSPS) is 13.2. The van der Waals surface area contributed by atoms with Crippen molar-refractivity contribution in [1.82, 2.24) is 14.9 Å². The smallest absolute Gasteiger partial charge is 0.266 e. The molecule has 0 aliphatic carbocycles. The number of fused-ring (bicyclic) bond motifs is 3. The van der Waals surface area contributed by atoms with Gasteiger partial charge in [-0.25, -0.2) is 8.42 Å². The van der Waals surface area contributed by atoms with Crippen LogP contribution in [0.5, 0.6) is 11.5 Å². The summed E-state index contributed by atoms with van der Waals surface area (Å²) in [6.07, 6.45) is 4.31. The molecule has 0 saturated carbocycles. The number of ether oxygens (including phenoxy) is 2. The molecule has 9 nitrogen and oxygen atoms in total. The minimum atomic E-state index is -3.95. The minimum absolute atomic E-state index is 0.0107. The van der Waals surface area contributed by atoms with Crippen molar-refractivity contribution in [2.24, 2.45) is 0 Å². The molecule has 154 valence electrons. The van der Waals surface area contributed by atoms with Crippen LogP contribution in [0, 0.1) is 0 Å². The van der Waals surface area contributed by atoms with E-state index in [9.17, 15) is 8.42 Å². The van der Waals surface area contributed by atoms with E-state index in [4.69, 9.17) is 14.0 Å². The van der Waals surface area contributed by atoms with Gasteiger partial charge in [0, 0.05) is 24.4 Å². The van der Waals surface area contributed by atoms with E-state index in [1.165, 1.54) is 13.2 Å². The second kappa shape index (κ2) is 7.06. The molecule has 0 radical (unpaired) electrons. The summed E-state index contributed by atoms with van der Waals surface area (Å²) >= 11 is 0. The lowest BCUT2D eigenvalue weighted by Crippen LogP contribution is -2.14. The first-order valence-electron chi connectivity index (χ1n) is 9.27. The van der Waals surface area contributed by atoms with Crippen LogP contribution in [0.4, 0.5) is 5.82 Å². The highest BCUT2D eigenvalue weighted by atomic mass is 32.2. The van der Waals surface area contributed by atoms with Crippen LogP contribution >= 0.6 is 0 Å². The number of para-hydroxylation sites is 1. The zero-order valence-corrected chi connectivity index (χ0v) is 16.8. The zero-order valence-electron chi connectivity index (χ0n) is 16.0. The molecule has 1 N–H and O–H groups in total. The molecule has 1 aliphatic heterocycles. The van der Waals surface area contributed by atoms with Gasteiger partial charge in [-0.1, -0.05) is 17.3 Å². The van der Waals surface area contributed by atoms with E-state index >= 15 is 0 Å². The second-order valence-electron chi connectivity index (χ2n) is 6.81. The third kappa shape index (κ3) is 3.05. The first kappa shape index (κ1) is 18.5. The zero-order chi connectivity index (χ0) is 20.7. The number of sulfonamides is 1. The van der Waals surface area contributed by atoms with Crippen molar-refractivity contribution in [3.05, 3.63) is 59.9 Å². The fraction of sp³-hybridized carbons (Fsp3) is 0.200. The molecule has 0 unspecified atom stereocenters. The summed E-state index contributed by atoms with van der Waals surface area (Å²) in [5.41, 5.74) is 2.43. The van der Waals surface area contributed by atoms with Gasteiger partial charge in [-0.05, 0) is 29.8 Å². The fourth-order valence-corrected chi connectivity index (χ4v) is 4.83. The number of benzene rings is 2. The average molecular weight is 426 g/mol. The molecule has 0 saturated heterocycles. The molecule has 10 heteroatoms. The minimum Gasteiger partial charge on any atom is -0.495 e. The number of anilines is 1. The van der Waals surface area contributed by atoms with E-state index in [-0.39, 0.29) is 16.5 Å². The summed E-state index contributed by atoms with van der Waals surface area (Å²) in [6, 6.07) is 10.1. The van der Waals surface area contributed by atoms with Crippen LogP contribution in [-0.4, -0.2) is 37.1 Å². The van der Waals surface area contributed by atoms with Gasteiger partial charge in [0.2, 0.25) is 0 Å². The maximum absolute atomic E-state index is 13.0. The Kier molecular flexibility index (Phi) is 4.35. The summed E-state index contributed by atoms with van der Waals surface area (Å²) in [7, 11) is -2.53. The van der Waals surface area contributed by atoms with E-state index in [0.717, 1.165) is 11.1 Å². The summed E-state index contributed by atoms with van der Waals surface area (Å²) in [6.45, 7) is 1.06. The highest BCUT2D eigenvalue weighted by Gasteiger charge is 2.28. The first-order chi connectivity index (χ1) is 14.6. The lowest BCUT2D eigenvalue weighted by molar-refractivity contribution is 0.360.